The number of imidazole rings is 1. The van der Waals surface area contributed by atoms with Gasteiger partial charge in [-0.05, 0) is 12.5 Å². The van der Waals surface area contributed by atoms with Gasteiger partial charge in [-0.3, -0.25) is 4.90 Å². The molecule has 1 fully saturated rings. The van der Waals surface area contributed by atoms with Crippen LogP contribution >= 0.6 is 0 Å². The Labute approximate surface area is 118 Å². The van der Waals surface area contributed by atoms with E-state index in [0.29, 0.717) is 5.92 Å². The average molecular weight is 275 g/mol. The van der Waals surface area contributed by atoms with Gasteiger partial charge >= 0.3 is 0 Å². The van der Waals surface area contributed by atoms with E-state index in [-0.39, 0.29) is 0 Å². The fourth-order valence-electron chi connectivity index (χ4n) is 2.65. The summed E-state index contributed by atoms with van der Waals surface area (Å²) < 4.78 is 0. The van der Waals surface area contributed by atoms with E-state index in [0.717, 1.165) is 56.3 Å². The average Bonchev–Trinajstić information content (AvgIpc) is 2.96. The Morgan fingerprint density at radius 2 is 2.05 bits per heavy atom. The molecule has 3 heterocycles. The van der Waals surface area contributed by atoms with Crippen LogP contribution in [0.5, 0.6) is 0 Å². The van der Waals surface area contributed by atoms with Crippen LogP contribution in [0.25, 0.3) is 11.2 Å². The Morgan fingerprint density at radius 1 is 1.25 bits per heavy atom. The second-order valence-electron chi connectivity index (χ2n) is 5.43. The number of nitrogens with two attached hydrogens (primary N) is 1. The van der Waals surface area contributed by atoms with Crippen LogP contribution < -0.4 is 10.6 Å². The molecule has 1 saturated heterocycles. The van der Waals surface area contributed by atoms with Crippen LogP contribution in [0, 0.1) is 5.92 Å². The molecular formula is C13H21N7. The molecule has 7 heteroatoms. The zero-order chi connectivity index (χ0) is 13.9. The number of rotatable bonds is 4. The molecule has 0 saturated carbocycles. The third-order valence-corrected chi connectivity index (χ3v) is 3.85. The molecular weight excluding hydrogens is 254 g/mol. The van der Waals surface area contributed by atoms with E-state index >= 15 is 0 Å². The van der Waals surface area contributed by atoms with E-state index in [2.05, 4.69) is 36.7 Å². The first kappa shape index (κ1) is 13.3. The Kier molecular flexibility index (Phi) is 3.79. The van der Waals surface area contributed by atoms with Crippen LogP contribution in [-0.4, -0.2) is 64.1 Å². The number of piperazine rings is 1. The predicted octanol–water partition coefficient (Wildman–Crippen LogP) is 0.0697. The Morgan fingerprint density at radius 3 is 2.80 bits per heavy atom. The largest absolute Gasteiger partial charge is 0.352 e. The maximum Gasteiger partial charge on any atom is 0.182 e. The smallest absolute Gasteiger partial charge is 0.182 e. The van der Waals surface area contributed by atoms with Crippen LogP contribution in [0.3, 0.4) is 0 Å². The van der Waals surface area contributed by atoms with Crippen LogP contribution in [0.1, 0.15) is 6.92 Å². The second kappa shape index (κ2) is 5.72. The highest BCUT2D eigenvalue weighted by atomic mass is 15.3. The highest BCUT2D eigenvalue weighted by molar-refractivity contribution is 5.82. The highest BCUT2D eigenvalue weighted by Crippen LogP contribution is 2.20. The second-order valence-corrected chi connectivity index (χ2v) is 5.43. The van der Waals surface area contributed by atoms with Crippen molar-refractivity contribution in [3.63, 3.8) is 0 Å². The molecule has 0 bridgehead atoms. The maximum atomic E-state index is 5.69. The van der Waals surface area contributed by atoms with E-state index in [1.54, 1.807) is 12.7 Å². The third-order valence-electron chi connectivity index (χ3n) is 3.85. The number of nitrogens with zero attached hydrogens (tertiary/aromatic N) is 5. The van der Waals surface area contributed by atoms with Gasteiger partial charge < -0.3 is 15.6 Å². The van der Waals surface area contributed by atoms with Gasteiger partial charge in [0.25, 0.3) is 0 Å². The van der Waals surface area contributed by atoms with Gasteiger partial charge in [-0.2, -0.15) is 0 Å². The van der Waals surface area contributed by atoms with E-state index in [4.69, 9.17) is 5.73 Å². The zero-order valence-electron chi connectivity index (χ0n) is 11.8. The molecule has 108 valence electrons. The van der Waals surface area contributed by atoms with E-state index < -0.39 is 0 Å². The maximum absolute atomic E-state index is 5.69. The first-order valence-corrected chi connectivity index (χ1v) is 7.09. The number of hydrogen-bond acceptors (Lipinski definition) is 6. The minimum absolute atomic E-state index is 0.555. The summed E-state index contributed by atoms with van der Waals surface area (Å²) in [5.74, 6) is 1.51. The van der Waals surface area contributed by atoms with Crippen molar-refractivity contribution in [2.24, 2.45) is 11.7 Å². The van der Waals surface area contributed by atoms with Crippen LogP contribution in [-0.2, 0) is 0 Å². The summed E-state index contributed by atoms with van der Waals surface area (Å²) in [7, 11) is 0. The van der Waals surface area contributed by atoms with Crippen molar-refractivity contribution < 1.29 is 0 Å². The lowest BCUT2D eigenvalue weighted by Gasteiger charge is -2.36. The number of aromatic nitrogens is 4. The molecule has 7 nitrogen and oxygen atoms in total. The van der Waals surface area contributed by atoms with Gasteiger partial charge in [-0.15, -0.1) is 0 Å². The van der Waals surface area contributed by atoms with Gasteiger partial charge in [-0.25, -0.2) is 15.0 Å². The predicted molar refractivity (Wildman–Crippen MR) is 78.6 cm³/mol. The molecule has 0 aliphatic carbocycles. The standard InChI is InChI=1S/C13H21N7/c1-10(6-14)7-19-2-4-20(5-3-19)13-11-12(16-8-15-11)17-9-18-13/h8-10H,2-7,14H2,1H3,(H,15,16,17,18). The van der Waals surface area contributed by atoms with Gasteiger partial charge in [-0.1, -0.05) is 6.92 Å². The normalized spacial score (nSPS) is 18.6. The molecule has 1 atom stereocenters. The number of aromatic amines is 1. The summed E-state index contributed by atoms with van der Waals surface area (Å²) in [5, 5.41) is 0. The molecule has 0 amide bonds. The topological polar surface area (TPSA) is 87.0 Å². The van der Waals surface area contributed by atoms with E-state index in [1.807, 2.05) is 0 Å². The molecule has 0 radical (unpaired) electrons. The third kappa shape index (κ3) is 2.59. The van der Waals surface area contributed by atoms with Gasteiger partial charge in [0.15, 0.2) is 11.5 Å². The van der Waals surface area contributed by atoms with Gasteiger partial charge in [0.1, 0.15) is 11.8 Å². The number of fused-ring (bicyclic) bond motifs is 1. The van der Waals surface area contributed by atoms with Crippen molar-refractivity contribution >= 4 is 17.0 Å². The summed E-state index contributed by atoms with van der Waals surface area (Å²) in [6.07, 6.45) is 3.25. The lowest BCUT2D eigenvalue weighted by molar-refractivity contribution is 0.227. The summed E-state index contributed by atoms with van der Waals surface area (Å²) in [5.41, 5.74) is 7.35. The van der Waals surface area contributed by atoms with Gasteiger partial charge in [0.2, 0.25) is 0 Å². The number of nitrogens with one attached hydrogen (secondary N) is 1. The fourth-order valence-corrected chi connectivity index (χ4v) is 2.65. The number of anilines is 1. The Balaban J connectivity index is 1.67. The van der Waals surface area contributed by atoms with Crippen molar-refractivity contribution in [1.82, 2.24) is 24.8 Å². The number of hydrogen-bond donors (Lipinski definition) is 2. The summed E-state index contributed by atoms with van der Waals surface area (Å²) in [6.45, 7) is 8.07. The lowest BCUT2D eigenvalue weighted by atomic mass is 10.1. The first-order valence-electron chi connectivity index (χ1n) is 7.09. The molecule has 0 spiro atoms. The van der Waals surface area contributed by atoms with E-state index in [1.165, 1.54) is 0 Å². The first-order chi connectivity index (χ1) is 9.78. The lowest BCUT2D eigenvalue weighted by Crippen LogP contribution is -2.48. The zero-order valence-corrected chi connectivity index (χ0v) is 11.8. The van der Waals surface area contributed by atoms with Crippen molar-refractivity contribution in [3.8, 4) is 0 Å². The summed E-state index contributed by atoms with van der Waals surface area (Å²) in [4.78, 5) is 20.6. The summed E-state index contributed by atoms with van der Waals surface area (Å²) >= 11 is 0. The van der Waals surface area contributed by atoms with Crippen molar-refractivity contribution in [3.05, 3.63) is 12.7 Å². The van der Waals surface area contributed by atoms with Gasteiger partial charge in [0.05, 0.1) is 6.33 Å². The van der Waals surface area contributed by atoms with Crippen molar-refractivity contribution in [2.75, 3.05) is 44.2 Å². The van der Waals surface area contributed by atoms with Crippen molar-refractivity contribution in [2.45, 2.75) is 6.92 Å². The Hall–Kier alpha value is -1.73. The quantitative estimate of drug-likeness (QED) is 0.821. The molecule has 3 rings (SSSR count). The SMILES string of the molecule is CC(CN)CN1CCN(c2ncnc3nc[nH]c23)CC1. The van der Waals surface area contributed by atoms with E-state index in [9.17, 15) is 0 Å². The highest BCUT2D eigenvalue weighted by Gasteiger charge is 2.21. The molecule has 20 heavy (non-hydrogen) atoms. The molecule has 2 aromatic heterocycles. The molecule has 3 N–H and O–H groups in total. The summed E-state index contributed by atoms with van der Waals surface area (Å²) in [6, 6.07) is 0. The molecule has 1 aliphatic rings. The molecule has 1 unspecified atom stereocenters. The number of H-pyrrole nitrogens is 1. The monoisotopic (exact) mass is 275 g/mol. The molecule has 1 aliphatic heterocycles. The Bertz CT molecular complexity index is 559. The van der Waals surface area contributed by atoms with Crippen LogP contribution in [0.4, 0.5) is 5.82 Å². The van der Waals surface area contributed by atoms with Gasteiger partial charge in [0, 0.05) is 32.7 Å². The minimum atomic E-state index is 0.555. The molecule has 0 aromatic carbocycles. The minimum Gasteiger partial charge on any atom is -0.352 e. The van der Waals surface area contributed by atoms with Crippen LogP contribution in [0.2, 0.25) is 0 Å². The van der Waals surface area contributed by atoms with Crippen LogP contribution in [0.15, 0.2) is 12.7 Å². The fraction of sp³-hybridized carbons (Fsp3) is 0.615. The molecule has 2 aromatic rings. The van der Waals surface area contributed by atoms with Crippen molar-refractivity contribution in [1.29, 1.82) is 0 Å².